The lowest BCUT2D eigenvalue weighted by Crippen LogP contribution is -2.42. The zero-order valence-corrected chi connectivity index (χ0v) is 11.9. The van der Waals surface area contributed by atoms with Crippen molar-refractivity contribution in [1.82, 2.24) is 9.78 Å². The molecule has 1 aromatic carbocycles. The Morgan fingerprint density at radius 3 is 2.50 bits per heavy atom. The SMILES string of the molecule is CCn1cc(C2(O)CCN(c3ccccc3)CC2)cn1. The van der Waals surface area contributed by atoms with E-state index in [1.54, 1.807) is 0 Å². The van der Waals surface area contributed by atoms with Gasteiger partial charge in [0.15, 0.2) is 0 Å². The lowest BCUT2D eigenvalue weighted by atomic mass is 9.86. The Morgan fingerprint density at radius 1 is 1.20 bits per heavy atom. The van der Waals surface area contributed by atoms with E-state index in [1.807, 2.05) is 23.1 Å². The molecule has 1 fully saturated rings. The summed E-state index contributed by atoms with van der Waals surface area (Å²) in [6.45, 7) is 4.64. The van der Waals surface area contributed by atoms with E-state index in [4.69, 9.17) is 0 Å². The van der Waals surface area contributed by atoms with Crippen LogP contribution in [0.3, 0.4) is 0 Å². The number of aromatic nitrogens is 2. The van der Waals surface area contributed by atoms with E-state index in [0.29, 0.717) is 0 Å². The molecule has 0 unspecified atom stereocenters. The summed E-state index contributed by atoms with van der Waals surface area (Å²) in [4.78, 5) is 2.33. The first-order valence-electron chi connectivity index (χ1n) is 7.26. The van der Waals surface area contributed by atoms with Crippen molar-refractivity contribution in [2.75, 3.05) is 18.0 Å². The molecule has 1 aromatic heterocycles. The predicted octanol–water partition coefficient (Wildman–Crippen LogP) is 2.39. The van der Waals surface area contributed by atoms with Gasteiger partial charge in [-0.1, -0.05) is 18.2 Å². The summed E-state index contributed by atoms with van der Waals surface area (Å²) >= 11 is 0. The Kier molecular flexibility index (Phi) is 3.49. The number of hydrogen-bond donors (Lipinski definition) is 1. The monoisotopic (exact) mass is 271 g/mol. The van der Waals surface area contributed by atoms with Gasteiger partial charge in [-0.15, -0.1) is 0 Å². The maximum absolute atomic E-state index is 10.8. The summed E-state index contributed by atoms with van der Waals surface area (Å²) < 4.78 is 1.87. The molecule has 106 valence electrons. The molecule has 0 saturated carbocycles. The highest BCUT2D eigenvalue weighted by atomic mass is 16.3. The maximum atomic E-state index is 10.8. The zero-order chi connectivity index (χ0) is 14.0. The molecule has 2 heterocycles. The fraction of sp³-hybridized carbons (Fsp3) is 0.438. The molecular weight excluding hydrogens is 250 g/mol. The van der Waals surface area contributed by atoms with Crippen LogP contribution in [0.5, 0.6) is 0 Å². The quantitative estimate of drug-likeness (QED) is 0.932. The van der Waals surface area contributed by atoms with Crippen molar-refractivity contribution < 1.29 is 5.11 Å². The molecule has 0 bridgehead atoms. The van der Waals surface area contributed by atoms with Gasteiger partial charge in [0.2, 0.25) is 0 Å². The van der Waals surface area contributed by atoms with E-state index in [2.05, 4.69) is 41.2 Å². The summed E-state index contributed by atoms with van der Waals surface area (Å²) in [5.74, 6) is 0. The van der Waals surface area contributed by atoms with Crippen LogP contribution >= 0.6 is 0 Å². The average Bonchev–Trinajstić information content (AvgIpc) is 2.99. The molecule has 0 aliphatic carbocycles. The Bertz CT molecular complexity index is 556. The first-order valence-corrected chi connectivity index (χ1v) is 7.26. The van der Waals surface area contributed by atoms with Gasteiger partial charge in [0, 0.05) is 37.1 Å². The molecule has 1 aliphatic heterocycles. The summed E-state index contributed by atoms with van der Waals surface area (Å²) in [6.07, 6.45) is 5.27. The van der Waals surface area contributed by atoms with E-state index in [9.17, 15) is 5.11 Å². The Morgan fingerprint density at radius 2 is 1.90 bits per heavy atom. The van der Waals surface area contributed by atoms with E-state index in [1.165, 1.54) is 5.69 Å². The molecule has 3 rings (SSSR count). The lowest BCUT2D eigenvalue weighted by Gasteiger charge is -2.38. The van der Waals surface area contributed by atoms with E-state index in [0.717, 1.165) is 38.0 Å². The summed E-state index contributed by atoms with van der Waals surface area (Å²) in [7, 11) is 0. The third-order valence-electron chi connectivity index (χ3n) is 4.21. The second-order valence-electron chi connectivity index (χ2n) is 5.44. The van der Waals surface area contributed by atoms with Crippen LogP contribution in [0.15, 0.2) is 42.7 Å². The number of nitrogens with zero attached hydrogens (tertiary/aromatic N) is 3. The standard InChI is InChI=1S/C16H21N3O/c1-2-19-13-14(12-17-19)16(20)8-10-18(11-9-16)15-6-4-3-5-7-15/h3-7,12-13,20H,2,8-11H2,1H3. The highest BCUT2D eigenvalue weighted by molar-refractivity contribution is 5.46. The molecule has 2 aromatic rings. The molecule has 1 N–H and O–H groups in total. The van der Waals surface area contributed by atoms with Crippen LogP contribution in [0.1, 0.15) is 25.3 Å². The minimum Gasteiger partial charge on any atom is -0.385 e. The van der Waals surface area contributed by atoms with Crippen LogP contribution in [-0.2, 0) is 12.1 Å². The molecular formula is C16H21N3O. The third-order valence-corrected chi connectivity index (χ3v) is 4.21. The summed E-state index contributed by atoms with van der Waals surface area (Å²) in [6, 6.07) is 10.4. The zero-order valence-electron chi connectivity index (χ0n) is 11.9. The van der Waals surface area contributed by atoms with Crippen molar-refractivity contribution in [2.45, 2.75) is 31.9 Å². The molecule has 4 nitrogen and oxygen atoms in total. The van der Waals surface area contributed by atoms with Crippen molar-refractivity contribution in [3.8, 4) is 0 Å². The molecule has 20 heavy (non-hydrogen) atoms. The van der Waals surface area contributed by atoms with Gasteiger partial charge in [0.05, 0.1) is 11.8 Å². The highest BCUT2D eigenvalue weighted by Crippen LogP contribution is 2.34. The normalized spacial score (nSPS) is 18.2. The summed E-state index contributed by atoms with van der Waals surface area (Å²) in [5, 5.41) is 15.1. The number of hydrogen-bond acceptors (Lipinski definition) is 3. The molecule has 0 amide bonds. The Hall–Kier alpha value is -1.81. The van der Waals surface area contributed by atoms with E-state index < -0.39 is 5.60 Å². The van der Waals surface area contributed by atoms with Crippen molar-refractivity contribution in [3.05, 3.63) is 48.3 Å². The fourth-order valence-electron chi connectivity index (χ4n) is 2.84. The number of anilines is 1. The predicted molar refractivity (Wildman–Crippen MR) is 79.7 cm³/mol. The van der Waals surface area contributed by atoms with Gasteiger partial charge in [0.1, 0.15) is 0 Å². The van der Waals surface area contributed by atoms with Crippen LogP contribution in [0, 0.1) is 0 Å². The molecule has 1 saturated heterocycles. The molecule has 0 radical (unpaired) electrons. The number of para-hydroxylation sites is 1. The molecule has 0 atom stereocenters. The molecule has 0 spiro atoms. The summed E-state index contributed by atoms with van der Waals surface area (Å²) in [5.41, 5.74) is 1.46. The van der Waals surface area contributed by atoms with Gasteiger partial charge >= 0.3 is 0 Å². The number of rotatable bonds is 3. The Balaban J connectivity index is 1.71. The van der Waals surface area contributed by atoms with Crippen molar-refractivity contribution in [2.24, 2.45) is 0 Å². The van der Waals surface area contributed by atoms with Crippen LogP contribution in [0.2, 0.25) is 0 Å². The van der Waals surface area contributed by atoms with E-state index in [-0.39, 0.29) is 0 Å². The largest absolute Gasteiger partial charge is 0.385 e. The van der Waals surface area contributed by atoms with Crippen LogP contribution in [0.4, 0.5) is 5.69 Å². The smallest absolute Gasteiger partial charge is 0.0960 e. The maximum Gasteiger partial charge on any atom is 0.0960 e. The second-order valence-corrected chi connectivity index (χ2v) is 5.44. The van der Waals surface area contributed by atoms with Crippen LogP contribution in [-0.4, -0.2) is 28.0 Å². The van der Waals surface area contributed by atoms with Crippen molar-refractivity contribution in [3.63, 3.8) is 0 Å². The van der Waals surface area contributed by atoms with Gasteiger partial charge in [0.25, 0.3) is 0 Å². The number of aliphatic hydroxyl groups is 1. The fourth-order valence-corrected chi connectivity index (χ4v) is 2.84. The highest BCUT2D eigenvalue weighted by Gasteiger charge is 2.35. The minimum atomic E-state index is -0.724. The molecule has 1 aliphatic rings. The first kappa shape index (κ1) is 13.2. The Labute approximate surface area is 119 Å². The van der Waals surface area contributed by atoms with Gasteiger partial charge in [-0.05, 0) is 31.9 Å². The van der Waals surface area contributed by atoms with Crippen molar-refractivity contribution in [1.29, 1.82) is 0 Å². The van der Waals surface area contributed by atoms with Gasteiger partial charge in [-0.2, -0.15) is 5.10 Å². The first-order chi connectivity index (χ1) is 9.71. The van der Waals surface area contributed by atoms with Crippen LogP contribution < -0.4 is 4.90 Å². The van der Waals surface area contributed by atoms with Crippen LogP contribution in [0.25, 0.3) is 0 Å². The van der Waals surface area contributed by atoms with Gasteiger partial charge < -0.3 is 10.0 Å². The van der Waals surface area contributed by atoms with Crippen molar-refractivity contribution >= 4 is 5.69 Å². The number of aryl methyl sites for hydroxylation is 1. The molecule has 4 heteroatoms. The third kappa shape index (κ3) is 2.43. The van der Waals surface area contributed by atoms with Gasteiger partial charge in [-0.3, -0.25) is 4.68 Å². The van der Waals surface area contributed by atoms with Gasteiger partial charge in [-0.25, -0.2) is 0 Å². The number of piperidine rings is 1. The number of benzene rings is 1. The second kappa shape index (κ2) is 5.29. The lowest BCUT2D eigenvalue weighted by molar-refractivity contribution is 0.0117. The topological polar surface area (TPSA) is 41.3 Å². The van der Waals surface area contributed by atoms with E-state index >= 15 is 0 Å². The minimum absolute atomic E-state index is 0.724. The average molecular weight is 271 g/mol.